The van der Waals surface area contributed by atoms with Gasteiger partial charge in [-0.05, 0) is 44.4 Å². The predicted molar refractivity (Wildman–Crippen MR) is 75.9 cm³/mol. The molecular formula is C15H17NO3. The van der Waals surface area contributed by atoms with E-state index in [-0.39, 0.29) is 5.75 Å². The van der Waals surface area contributed by atoms with Crippen LogP contribution >= 0.6 is 0 Å². The Bertz CT molecular complexity index is 629. The van der Waals surface area contributed by atoms with Crippen molar-refractivity contribution in [3.63, 3.8) is 0 Å². The van der Waals surface area contributed by atoms with Crippen LogP contribution in [0.25, 0.3) is 10.8 Å². The Balaban J connectivity index is 2.73. The average molecular weight is 259 g/mol. The standard InChI is InChI=1S/C15H17NO3/c1-15(2,3)16(14(18)19)13-6-4-5-10-7-8-11(17)9-12(10)13/h4-9,17H,1-3H3,(H,18,19). The van der Waals surface area contributed by atoms with Gasteiger partial charge in [-0.15, -0.1) is 0 Å². The number of phenols is 1. The number of hydrogen-bond donors (Lipinski definition) is 2. The number of carboxylic acid groups (broad SMARTS) is 1. The van der Waals surface area contributed by atoms with E-state index in [0.717, 1.165) is 10.8 Å². The first kappa shape index (κ1) is 13.2. The zero-order valence-electron chi connectivity index (χ0n) is 11.2. The molecule has 0 aliphatic heterocycles. The number of carbonyl (C=O) groups is 1. The lowest BCUT2D eigenvalue weighted by Crippen LogP contribution is -2.45. The van der Waals surface area contributed by atoms with Crippen LogP contribution in [0.2, 0.25) is 0 Å². The maximum Gasteiger partial charge on any atom is 0.412 e. The lowest BCUT2D eigenvalue weighted by atomic mass is 10.0. The molecule has 100 valence electrons. The van der Waals surface area contributed by atoms with E-state index in [4.69, 9.17) is 0 Å². The molecule has 0 bridgehead atoms. The smallest absolute Gasteiger partial charge is 0.412 e. The quantitative estimate of drug-likeness (QED) is 0.818. The molecule has 2 rings (SSSR count). The molecule has 2 aromatic rings. The van der Waals surface area contributed by atoms with E-state index in [1.165, 1.54) is 4.90 Å². The third-order valence-corrected chi connectivity index (χ3v) is 2.95. The maximum absolute atomic E-state index is 11.5. The summed E-state index contributed by atoms with van der Waals surface area (Å²) in [5.74, 6) is 0.124. The van der Waals surface area contributed by atoms with Crippen LogP contribution in [0.4, 0.5) is 10.5 Å². The monoisotopic (exact) mass is 259 g/mol. The topological polar surface area (TPSA) is 60.8 Å². The Morgan fingerprint density at radius 2 is 1.84 bits per heavy atom. The summed E-state index contributed by atoms with van der Waals surface area (Å²) >= 11 is 0. The van der Waals surface area contributed by atoms with E-state index < -0.39 is 11.6 Å². The van der Waals surface area contributed by atoms with Crippen molar-refractivity contribution in [2.45, 2.75) is 26.3 Å². The van der Waals surface area contributed by atoms with Gasteiger partial charge in [-0.2, -0.15) is 0 Å². The van der Waals surface area contributed by atoms with Crippen LogP contribution in [0.15, 0.2) is 36.4 Å². The van der Waals surface area contributed by atoms with Crippen LogP contribution in [0.5, 0.6) is 5.75 Å². The second-order valence-electron chi connectivity index (χ2n) is 5.47. The molecule has 0 spiro atoms. The molecular weight excluding hydrogens is 242 g/mol. The minimum atomic E-state index is -1.01. The van der Waals surface area contributed by atoms with Gasteiger partial charge in [-0.3, -0.25) is 4.90 Å². The number of phenolic OH excluding ortho intramolecular Hbond substituents is 1. The molecule has 0 aromatic heterocycles. The van der Waals surface area contributed by atoms with Crippen LogP contribution in [0, 0.1) is 0 Å². The number of hydrogen-bond acceptors (Lipinski definition) is 2. The van der Waals surface area contributed by atoms with Crippen molar-refractivity contribution in [3.05, 3.63) is 36.4 Å². The molecule has 1 amide bonds. The molecule has 0 fully saturated rings. The van der Waals surface area contributed by atoms with Gasteiger partial charge in [0.05, 0.1) is 5.69 Å². The summed E-state index contributed by atoms with van der Waals surface area (Å²) in [7, 11) is 0. The maximum atomic E-state index is 11.5. The number of benzene rings is 2. The largest absolute Gasteiger partial charge is 0.508 e. The molecule has 0 heterocycles. The second kappa shape index (κ2) is 4.46. The van der Waals surface area contributed by atoms with Gasteiger partial charge in [0.15, 0.2) is 0 Å². The number of amides is 1. The Hall–Kier alpha value is -2.23. The summed E-state index contributed by atoms with van der Waals surface area (Å²) in [5, 5.41) is 20.7. The fourth-order valence-electron chi connectivity index (χ4n) is 2.19. The lowest BCUT2D eigenvalue weighted by molar-refractivity contribution is 0.196. The van der Waals surface area contributed by atoms with Crippen molar-refractivity contribution in [3.8, 4) is 5.75 Å². The minimum Gasteiger partial charge on any atom is -0.508 e. The number of aromatic hydroxyl groups is 1. The molecule has 0 radical (unpaired) electrons. The van der Waals surface area contributed by atoms with Crippen molar-refractivity contribution >= 4 is 22.6 Å². The first-order valence-electron chi connectivity index (χ1n) is 6.05. The molecule has 4 nitrogen and oxygen atoms in total. The number of rotatable bonds is 1. The average Bonchev–Trinajstić information content (AvgIpc) is 2.27. The SMILES string of the molecule is CC(C)(C)N(C(=O)O)c1cccc2ccc(O)cc12. The van der Waals surface area contributed by atoms with E-state index in [0.29, 0.717) is 5.69 Å². The lowest BCUT2D eigenvalue weighted by Gasteiger charge is -2.34. The van der Waals surface area contributed by atoms with Crippen molar-refractivity contribution in [2.24, 2.45) is 0 Å². The van der Waals surface area contributed by atoms with E-state index in [2.05, 4.69) is 0 Å². The van der Waals surface area contributed by atoms with Crippen molar-refractivity contribution in [2.75, 3.05) is 4.90 Å². The second-order valence-corrected chi connectivity index (χ2v) is 5.47. The summed E-state index contributed by atoms with van der Waals surface area (Å²) in [6, 6.07) is 10.4. The highest BCUT2D eigenvalue weighted by molar-refractivity contribution is 6.02. The molecule has 0 aliphatic rings. The number of anilines is 1. The molecule has 2 N–H and O–H groups in total. The summed E-state index contributed by atoms with van der Waals surface area (Å²) in [4.78, 5) is 12.9. The van der Waals surface area contributed by atoms with Crippen molar-refractivity contribution in [1.82, 2.24) is 0 Å². The number of nitrogens with zero attached hydrogens (tertiary/aromatic N) is 1. The van der Waals surface area contributed by atoms with Gasteiger partial charge in [0.2, 0.25) is 0 Å². The highest BCUT2D eigenvalue weighted by Crippen LogP contribution is 2.33. The Morgan fingerprint density at radius 1 is 1.16 bits per heavy atom. The van der Waals surface area contributed by atoms with Crippen molar-refractivity contribution < 1.29 is 15.0 Å². The van der Waals surface area contributed by atoms with Gasteiger partial charge in [0.25, 0.3) is 0 Å². The van der Waals surface area contributed by atoms with Gasteiger partial charge < -0.3 is 10.2 Å². The fourth-order valence-corrected chi connectivity index (χ4v) is 2.19. The molecule has 2 aromatic carbocycles. The third-order valence-electron chi connectivity index (χ3n) is 2.95. The third kappa shape index (κ3) is 2.47. The zero-order valence-corrected chi connectivity index (χ0v) is 11.2. The molecule has 0 saturated carbocycles. The van der Waals surface area contributed by atoms with Gasteiger partial charge >= 0.3 is 6.09 Å². The first-order valence-corrected chi connectivity index (χ1v) is 6.05. The first-order chi connectivity index (χ1) is 8.80. The van der Waals surface area contributed by atoms with Gasteiger partial charge in [-0.25, -0.2) is 4.79 Å². The minimum absolute atomic E-state index is 0.124. The van der Waals surface area contributed by atoms with Crippen LogP contribution in [0.1, 0.15) is 20.8 Å². The van der Waals surface area contributed by atoms with E-state index in [1.807, 2.05) is 32.9 Å². The fraction of sp³-hybridized carbons (Fsp3) is 0.267. The summed E-state index contributed by atoms with van der Waals surface area (Å²) in [6.07, 6.45) is -1.01. The summed E-state index contributed by atoms with van der Waals surface area (Å²) in [5.41, 5.74) is 0.0133. The molecule has 0 unspecified atom stereocenters. The number of fused-ring (bicyclic) bond motifs is 1. The van der Waals surface area contributed by atoms with Gasteiger partial charge in [0.1, 0.15) is 5.75 Å². The summed E-state index contributed by atoms with van der Waals surface area (Å²) < 4.78 is 0. The predicted octanol–water partition coefficient (Wildman–Crippen LogP) is 3.83. The molecule has 0 aliphatic carbocycles. The normalized spacial score (nSPS) is 11.5. The van der Waals surface area contributed by atoms with Crippen LogP contribution in [-0.4, -0.2) is 21.8 Å². The van der Waals surface area contributed by atoms with Gasteiger partial charge in [-0.1, -0.05) is 18.2 Å². The van der Waals surface area contributed by atoms with E-state index >= 15 is 0 Å². The van der Waals surface area contributed by atoms with Crippen LogP contribution in [0.3, 0.4) is 0 Å². The molecule has 0 saturated heterocycles. The highest BCUT2D eigenvalue weighted by atomic mass is 16.4. The van der Waals surface area contributed by atoms with E-state index in [1.54, 1.807) is 24.3 Å². The Labute approximate surface area is 111 Å². The summed E-state index contributed by atoms with van der Waals surface area (Å²) in [6.45, 7) is 5.51. The Kier molecular flexibility index (Phi) is 3.10. The molecule has 0 atom stereocenters. The molecule has 4 heteroatoms. The van der Waals surface area contributed by atoms with Gasteiger partial charge in [0, 0.05) is 10.9 Å². The molecule has 19 heavy (non-hydrogen) atoms. The Morgan fingerprint density at radius 3 is 2.42 bits per heavy atom. The highest BCUT2D eigenvalue weighted by Gasteiger charge is 2.28. The van der Waals surface area contributed by atoms with Crippen LogP contribution < -0.4 is 4.90 Å². The zero-order chi connectivity index (χ0) is 14.2. The van der Waals surface area contributed by atoms with Crippen molar-refractivity contribution in [1.29, 1.82) is 0 Å². The van der Waals surface area contributed by atoms with E-state index in [9.17, 15) is 15.0 Å². The van der Waals surface area contributed by atoms with Crippen LogP contribution in [-0.2, 0) is 0 Å².